The van der Waals surface area contributed by atoms with E-state index in [1.807, 2.05) is 0 Å². The fraction of sp³-hybridized carbons (Fsp3) is 0.333. The van der Waals surface area contributed by atoms with Crippen molar-refractivity contribution in [1.29, 1.82) is 0 Å². The number of hydrogen-bond donors (Lipinski definition) is 1. The van der Waals surface area contributed by atoms with Gasteiger partial charge >= 0.3 is 5.97 Å². The summed E-state index contributed by atoms with van der Waals surface area (Å²) in [5.41, 5.74) is 0.714. The molecule has 0 radical (unpaired) electrons. The molecule has 1 aromatic rings. The molecule has 0 amide bonds. The highest BCUT2D eigenvalue weighted by Gasteiger charge is 2.26. The van der Waals surface area contributed by atoms with Crippen LogP contribution >= 0.6 is 0 Å². The molecule has 1 aliphatic rings. The first-order chi connectivity index (χ1) is 8.65. The van der Waals surface area contributed by atoms with Gasteiger partial charge in [0.15, 0.2) is 11.5 Å². The second kappa shape index (κ2) is 5.05. The maximum atomic E-state index is 11.5. The number of benzene rings is 1. The van der Waals surface area contributed by atoms with E-state index in [4.69, 9.17) is 19.3 Å². The average molecular weight is 252 g/mol. The molecule has 0 saturated carbocycles. The van der Waals surface area contributed by atoms with Crippen LogP contribution < -0.4 is 9.47 Å². The maximum Gasteiger partial charge on any atom is 0.377 e. The second-order valence-electron chi connectivity index (χ2n) is 3.69. The van der Waals surface area contributed by atoms with E-state index in [0.29, 0.717) is 24.5 Å². The van der Waals surface area contributed by atoms with Gasteiger partial charge in [-0.05, 0) is 6.07 Å². The zero-order valence-electron chi connectivity index (χ0n) is 9.76. The van der Waals surface area contributed by atoms with Crippen LogP contribution in [0.2, 0.25) is 0 Å². The second-order valence-corrected chi connectivity index (χ2v) is 3.69. The van der Waals surface area contributed by atoms with E-state index in [0.717, 1.165) is 0 Å². The summed E-state index contributed by atoms with van der Waals surface area (Å²) in [6.45, 7) is 0.936. The smallest absolute Gasteiger partial charge is 0.377 e. The summed E-state index contributed by atoms with van der Waals surface area (Å²) in [4.78, 5) is 22.2. The summed E-state index contributed by atoms with van der Waals surface area (Å²) in [6.07, 6.45) is 0. The zero-order chi connectivity index (χ0) is 13.1. The Morgan fingerprint density at radius 1 is 1.28 bits per heavy atom. The first-order valence-corrected chi connectivity index (χ1v) is 5.33. The predicted octanol–water partition coefficient (Wildman–Crippen LogP) is 0.871. The summed E-state index contributed by atoms with van der Waals surface area (Å²) in [6, 6.07) is 3.02. The van der Waals surface area contributed by atoms with E-state index >= 15 is 0 Å². The summed E-state index contributed by atoms with van der Waals surface area (Å²) in [7, 11) is 1.53. The number of carboxylic acid groups (broad SMARTS) is 1. The number of ether oxygens (including phenoxy) is 3. The Balaban J connectivity index is 2.50. The summed E-state index contributed by atoms with van der Waals surface area (Å²) < 4.78 is 15.8. The standard InChI is InChI=1S/C12H12O6/c1-16-6-7-2-3-8(9(13)12(14)15)11-10(7)17-4-5-18-11/h2-3H,4-6H2,1H3,(H,14,15). The number of methoxy groups -OCH3 is 1. The van der Waals surface area contributed by atoms with Crippen LogP contribution in [0.15, 0.2) is 12.1 Å². The summed E-state index contributed by atoms with van der Waals surface area (Å²) >= 11 is 0. The Hall–Kier alpha value is -2.08. The maximum absolute atomic E-state index is 11.5. The van der Waals surface area contributed by atoms with Crippen LogP contribution in [-0.4, -0.2) is 37.2 Å². The third-order valence-electron chi connectivity index (χ3n) is 2.51. The predicted molar refractivity (Wildman–Crippen MR) is 60.1 cm³/mol. The van der Waals surface area contributed by atoms with Crippen molar-refractivity contribution >= 4 is 11.8 Å². The zero-order valence-corrected chi connectivity index (χ0v) is 9.76. The van der Waals surface area contributed by atoms with Crippen LogP contribution in [-0.2, 0) is 16.1 Å². The van der Waals surface area contributed by atoms with E-state index in [-0.39, 0.29) is 17.9 Å². The Morgan fingerprint density at radius 3 is 2.56 bits per heavy atom. The molecule has 0 spiro atoms. The number of carbonyl (C=O) groups is 2. The molecule has 6 nitrogen and oxygen atoms in total. The van der Waals surface area contributed by atoms with Crippen molar-refractivity contribution in [3.05, 3.63) is 23.3 Å². The fourth-order valence-electron chi connectivity index (χ4n) is 1.76. The van der Waals surface area contributed by atoms with Gasteiger partial charge in [-0.15, -0.1) is 0 Å². The molecule has 1 N–H and O–H groups in total. The number of carboxylic acids is 1. The van der Waals surface area contributed by atoms with Crippen LogP contribution in [0.25, 0.3) is 0 Å². The van der Waals surface area contributed by atoms with Crippen molar-refractivity contribution in [2.45, 2.75) is 6.61 Å². The minimum atomic E-state index is -1.52. The van der Waals surface area contributed by atoms with Gasteiger partial charge in [-0.3, -0.25) is 4.79 Å². The highest BCUT2D eigenvalue weighted by molar-refractivity contribution is 6.40. The van der Waals surface area contributed by atoms with Crippen molar-refractivity contribution in [2.24, 2.45) is 0 Å². The number of aliphatic carboxylic acids is 1. The molecular formula is C12H12O6. The lowest BCUT2D eigenvalue weighted by molar-refractivity contribution is -0.131. The molecule has 0 saturated heterocycles. The van der Waals surface area contributed by atoms with Crippen molar-refractivity contribution in [3.8, 4) is 11.5 Å². The largest absolute Gasteiger partial charge is 0.486 e. The Kier molecular flexibility index (Phi) is 3.47. The molecule has 0 atom stereocenters. The SMILES string of the molecule is COCc1ccc(C(=O)C(=O)O)c2c1OCCO2. The Labute approximate surface area is 103 Å². The van der Waals surface area contributed by atoms with Gasteiger partial charge in [0.05, 0.1) is 12.2 Å². The first-order valence-electron chi connectivity index (χ1n) is 5.33. The number of Topliss-reactive ketones (excluding diaryl/α,β-unsaturated/α-hetero) is 1. The van der Waals surface area contributed by atoms with Crippen molar-refractivity contribution in [3.63, 3.8) is 0 Å². The van der Waals surface area contributed by atoms with Crippen LogP contribution in [0.4, 0.5) is 0 Å². The molecule has 18 heavy (non-hydrogen) atoms. The average Bonchev–Trinajstić information content (AvgIpc) is 2.38. The van der Waals surface area contributed by atoms with Crippen LogP contribution in [0.1, 0.15) is 15.9 Å². The summed E-state index contributed by atoms with van der Waals surface area (Å²) in [5.74, 6) is -1.97. The lowest BCUT2D eigenvalue weighted by Gasteiger charge is -2.22. The molecule has 0 aliphatic carbocycles. The fourth-order valence-corrected chi connectivity index (χ4v) is 1.76. The van der Waals surface area contributed by atoms with Crippen molar-refractivity contribution in [1.82, 2.24) is 0 Å². The molecular weight excluding hydrogens is 240 g/mol. The normalized spacial score (nSPS) is 13.2. The number of ketones is 1. The van der Waals surface area contributed by atoms with E-state index in [2.05, 4.69) is 0 Å². The molecule has 2 rings (SSSR count). The van der Waals surface area contributed by atoms with Gasteiger partial charge in [-0.2, -0.15) is 0 Å². The molecule has 1 aromatic carbocycles. The third kappa shape index (κ3) is 2.14. The third-order valence-corrected chi connectivity index (χ3v) is 2.51. The minimum absolute atomic E-state index is 0.00273. The molecule has 0 aromatic heterocycles. The molecule has 96 valence electrons. The molecule has 0 bridgehead atoms. The number of hydrogen-bond acceptors (Lipinski definition) is 5. The number of rotatable bonds is 4. The molecule has 0 unspecified atom stereocenters. The van der Waals surface area contributed by atoms with Gasteiger partial charge in [0.2, 0.25) is 0 Å². The van der Waals surface area contributed by atoms with Crippen LogP contribution in [0.5, 0.6) is 11.5 Å². The van der Waals surface area contributed by atoms with Gasteiger partial charge in [0.25, 0.3) is 5.78 Å². The van der Waals surface area contributed by atoms with Crippen molar-refractivity contribution < 1.29 is 28.9 Å². The lowest BCUT2D eigenvalue weighted by Crippen LogP contribution is -2.21. The van der Waals surface area contributed by atoms with Gasteiger partial charge in [-0.25, -0.2) is 4.79 Å². The van der Waals surface area contributed by atoms with Gasteiger partial charge < -0.3 is 19.3 Å². The van der Waals surface area contributed by atoms with Crippen LogP contribution in [0, 0.1) is 0 Å². The number of fused-ring (bicyclic) bond motifs is 1. The van der Waals surface area contributed by atoms with E-state index in [1.165, 1.54) is 13.2 Å². The quantitative estimate of drug-likeness (QED) is 0.632. The molecule has 1 heterocycles. The van der Waals surface area contributed by atoms with Gasteiger partial charge in [-0.1, -0.05) is 6.07 Å². The van der Waals surface area contributed by atoms with Crippen LogP contribution in [0.3, 0.4) is 0 Å². The van der Waals surface area contributed by atoms with Gasteiger partial charge in [0, 0.05) is 12.7 Å². The Bertz CT molecular complexity index is 494. The van der Waals surface area contributed by atoms with Crippen molar-refractivity contribution in [2.75, 3.05) is 20.3 Å². The van der Waals surface area contributed by atoms with E-state index < -0.39 is 11.8 Å². The minimum Gasteiger partial charge on any atom is -0.486 e. The van der Waals surface area contributed by atoms with E-state index in [9.17, 15) is 9.59 Å². The highest BCUT2D eigenvalue weighted by atomic mass is 16.6. The molecule has 1 aliphatic heterocycles. The van der Waals surface area contributed by atoms with E-state index in [1.54, 1.807) is 6.07 Å². The number of carbonyl (C=O) groups excluding carboxylic acids is 1. The van der Waals surface area contributed by atoms with Gasteiger partial charge in [0.1, 0.15) is 13.2 Å². The highest BCUT2D eigenvalue weighted by Crippen LogP contribution is 2.37. The monoisotopic (exact) mass is 252 g/mol. The summed E-state index contributed by atoms with van der Waals surface area (Å²) in [5, 5.41) is 8.74. The molecule has 0 fully saturated rings. The topological polar surface area (TPSA) is 82.1 Å². The molecule has 6 heteroatoms. The Morgan fingerprint density at radius 2 is 1.94 bits per heavy atom. The first kappa shape index (κ1) is 12.4. The lowest BCUT2D eigenvalue weighted by atomic mass is 10.0.